The summed E-state index contributed by atoms with van der Waals surface area (Å²) < 4.78 is 5.39. The van der Waals surface area contributed by atoms with E-state index in [1.54, 1.807) is 0 Å². The number of hydrogen-bond acceptors (Lipinski definition) is 3. The first-order valence-electron chi connectivity index (χ1n) is 4.12. The van der Waals surface area contributed by atoms with Gasteiger partial charge in [0.1, 0.15) is 5.76 Å². The molecule has 1 heterocycles. The van der Waals surface area contributed by atoms with Crippen LogP contribution in [0.25, 0.3) is 0 Å². The molecule has 1 aromatic rings. The molecule has 0 fully saturated rings. The molecule has 68 valence electrons. The summed E-state index contributed by atoms with van der Waals surface area (Å²) in [7, 11) is 1.95. The molecule has 0 saturated carbocycles. The highest BCUT2D eigenvalue weighted by molar-refractivity contribution is 5.34. The maximum absolute atomic E-state index is 8.61. The third-order valence-electron chi connectivity index (χ3n) is 1.75. The maximum Gasteiger partial charge on any atom is 0.195 e. The van der Waals surface area contributed by atoms with Crippen LogP contribution < -0.4 is 4.90 Å². The summed E-state index contributed by atoms with van der Waals surface area (Å²) in [6.45, 7) is 2.97. The van der Waals surface area contributed by atoms with Crippen molar-refractivity contribution in [3.63, 3.8) is 0 Å². The van der Waals surface area contributed by atoms with Crippen molar-refractivity contribution < 1.29 is 9.52 Å². The van der Waals surface area contributed by atoms with Crippen molar-refractivity contribution in [2.75, 3.05) is 25.1 Å². The average molecular weight is 169 g/mol. The fraction of sp³-hybridized carbons (Fsp3) is 0.556. The van der Waals surface area contributed by atoms with Gasteiger partial charge in [-0.25, -0.2) is 0 Å². The van der Waals surface area contributed by atoms with E-state index in [9.17, 15) is 0 Å². The van der Waals surface area contributed by atoms with Gasteiger partial charge in [-0.2, -0.15) is 0 Å². The van der Waals surface area contributed by atoms with Crippen LogP contribution in [0.15, 0.2) is 16.5 Å². The third kappa shape index (κ3) is 2.27. The van der Waals surface area contributed by atoms with Crippen molar-refractivity contribution in [1.29, 1.82) is 0 Å². The van der Waals surface area contributed by atoms with E-state index in [0.717, 1.165) is 24.6 Å². The standard InChI is InChI=1S/C9H15NO2/c1-8-4-5-9(12-8)10(2)6-3-7-11/h4-5,11H,3,6-7H2,1-2H3. The summed E-state index contributed by atoms with van der Waals surface area (Å²) in [6, 6.07) is 3.87. The predicted molar refractivity (Wildman–Crippen MR) is 48.4 cm³/mol. The van der Waals surface area contributed by atoms with Gasteiger partial charge in [-0.05, 0) is 19.4 Å². The number of aryl methyl sites for hydroxylation is 1. The molecule has 0 bridgehead atoms. The quantitative estimate of drug-likeness (QED) is 0.740. The van der Waals surface area contributed by atoms with E-state index >= 15 is 0 Å². The minimum atomic E-state index is 0.226. The summed E-state index contributed by atoms with van der Waals surface area (Å²) >= 11 is 0. The van der Waals surface area contributed by atoms with Crippen LogP contribution in [-0.2, 0) is 0 Å². The Hall–Kier alpha value is -0.960. The van der Waals surface area contributed by atoms with Gasteiger partial charge >= 0.3 is 0 Å². The van der Waals surface area contributed by atoms with E-state index in [-0.39, 0.29) is 6.61 Å². The molecule has 0 radical (unpaired) electrons. The molecule has 0 spiro atoms. The van der Waals surface area contributed by atoms with Gasteiger partial charge in [-0.1, -0.05) is 0 Å². The van der Waals surface area contributed by atoms with Gasteiger partial charge in [0.25, 0.3) is 0 Å². The van der Waals surface area contributed by atoms with Gasteiger partial charge in [0.15, 0.2) is 5.88 Å². The zero-order valence-corrected chi connectivity index (χ0v) is 7.58. The monoisotopic (exact) mass is 169 g/mol. The van der Waals surface area contributed by atoms with E-state index in [1.165, 1.54) is 0 Å². The number of rotatable bonds is 4. The third-order valence-corrected chi connectivity index (χ3v) is 1.75. The first-order valence-corrected chi connectivity index (χ1v) is 4.12. The Labute approximate surface area is 72.6 Å². The molecule has 0 aromatic carbocycles. The molecule has 0 amide bonds. The van der Waals surface area contributed by atoms with Crippen molar-refractivity contribution >= 4 is 5.88 Å². The number of aliphatic hydroxyl groups is 1. The normalized spacial score (nSPS) is 10.2. The van der Waals surface area contributed by atoms with E-state index in [1.807, 2.05) is 31.0 Å². The fourth-order valence-corrected chi connectivity index (χ4v) is 1.04. The SMILES string of the molecule is Cc1ccc(N(C)CCCO)o1. The summed E-state index contributed by atoms with van der Waals surface area (Å²) in [5, 5.41) is 8.61. The van der Waals surface area contributed by atoms with Crippen LogP contribution in [0.1, 0.15) is 12.2 Å². The number of hydrogen-bond donors (Lipinski definition) is 1. The molecule has 1 N–H and O–H groups in total. The van der Waals surface area contributed by atoms with Gasteiger partial charge in [-0.3, -0.25) is 0 Å². The van der Waals surface area contributed by atoms with Gasteiger partial charge in [0, 0.05) is 26.3 Å². The van der Waals surface area contributed by atoms with Crippen LogP contribution >= 0.6 is 0 Å². The number of nitrogens with zero attached hydrogens (tertiary/aromatic N) is 1. The maximum atomic E-state index is 8.61. The van der Waals surface area contributed by atoms with Crippen LogP contribution in [0.5, 0.6) is 0 Å². The zero-order chi connectivity index (χ0) is 8.97. The summed E-state index contributed by atoms with van der Waals surface area (Å²) in [5.74, 6) is 1.78. The number of furan rings is 1. The highest BCUT2D eigenvalue weighted by Gasteiger charge is 2.03. The molecule has 0 saturated heterocycles. The predicted octanol–water partition coefficient (Wildman–Crippen LogP) is 1.41. The molecule has 0 aliphatic carbocycles. The highest BCUT2D eigenvalue weighted by atomic mass is 16.4. The smallest absolute Gasteiger partial charge is 0.195 e. The molecule has 3 nitrogen and oxygen atoms in total. The molecule has 0 unspecified atom stereocenters. The van der Waals surface area contributed by atoms with Crippen molar-refractivity contribution in [2.45, 2.75) is 13.3 Å². The Morgan fingerprint density at radius 2 is 2.25 bits per heavy atom. The van der Waals surface area contributed by atoms with Gasteiger partial charge in [0.05, 0.1) is 0 Å². The number of anilines is 1. The fourth-order valence-electron chi connectivity index (χ4n) is 1.04. The van der Waals surface area contributed by atoms with Crippen molar-refractivity contribution in [2.24, 2.45) is 0 Å². The van der Waals surface area contributed by atoms with Crippen LogP contribution in [0.4, 0.5) is 5.88 Å². The second-order valence-corrected chi connectivity index (χ2v) is 2.88. The Kier molecular flexibility index (Phi) is 3.17. The van der Waals surface area contributed by atoms with Crippen LogP contribution in [0.3, 0.4) is 0 Å². The lowest BCUT2D eigenvalue weighted by Gasteiger charge is -2.14. The van der Waals surface area contributed by atoms with Gasteiger partial charge in [-0.15, -0.1) is 0 Å². The van der Waals surface area contributed by atoms with E-state index in [4.69, 9.17) is 9.52 Å². The zero-order valence-electron chi connectivity index (χ0n) is 7.58. The lowest BCUT2D eigenvalue weighted by molar-refractivity contribution is 0.289. The Bertz CT molecular complexity index is 232. The Morgan fingerprint density at radius 1 is 1.50 bits per heavy atom. The molecule has 1 rings (SSSR count). The molecule has 0 aliphatic rings. The van der Waals surface area contributed by atoms with Gasteiger partial charge < -0.3 is 14.4 Å². The van der Waals surface area contributed by atoms with E-state index in [0.29, 0.717) is 0 Å². The molecule has 1 aromatic heterocycles. The van der Waals surface area contributed by atoms with Crippen molar-refractivity contribution in [1.82, 2.24) is 0 Å². The number of aliphatic hydroxyl groups excluding tert-OH is 1. The van der Waals surface area contributed by atoms with Crippen molar-refractivity contribution in [3.05, 3.63) is 17.9 Å². The second-order valence-electron chi connectivity index (χ2n) is 2.88. The molecular weight excluding hydrogens is 154 g/mol. The second kappa shape index (κ2) is 4.16. The van der Waals surface area contributed by atoms with Crippen LogP contribution in [0.2, 0.25) is 0 Å². The Morgan fingerprint density at radius 3 is 2.75 bits per heavy atom. The van der Waals surface area contributed by atoms with Gasteiger partial charge in [0.2, 0.25) is 0 Å². The van der Waals surface area contributed by atoms with Crippen LogP contribution in [0, 0.1) is 6.92 Å². The topological polar surface area (TPSA) is 36.6 Å². The first kappa shape index (κ1) is 9.13. The van der Waals surface area contributed by atoms with Crippen LogP contribution in [-0.4, -0.2) is 25.3 Å². The molecule has 0 aliphatic heterocycles. The first-order chi connectivity index (χ1) is 5.74. The van der Waals surface area contributed by atoms with Crippen molar-refractivity contribution in [3.8, 4) is 0 Å². The Balaban J connectivity index is 2.47. The highest BCUT2D eigenvalue weighted by Crippen LogP contribution is 2.15. The molecule has 3 heteroatoms. The lowest BCUT2D eigenvalue weighted by atomic mass is 10.4. The average Bonchev–Trinajstić information content (AvgIpc) is 2.47. The largest absolute Gasteiger partial charge is 0.446 e. The lowest BCUT2D eigenvalue weighted by Crippen LogP contribution is -2.18. The summed E-state index contributed by atoms with van der Waals surface area (Å²) in [4.78, 5) is 1.99. The molecule has 12 heavy (non-hydrogen) atoms. The summed E-state index contributed by atoms with van der Waals surface area (Å²) in [6.07, 6.45) is 0.774. The van der Waals surface area contributed by atoms with E-state index < -0.39 is 0 Å². The molecular formula is C9H15NO2. The minimum Gasteiger partial charge on any atom is -0.446 e. The molecule has 0 atom stereocenters. The minimum absolute atomic E-state index is 0.226. The summed E-state index contributed by atoms with van der Waals surface area (Å²) in [5.41, 5.74) is 0. The van der Waals surface area contributed by atoms with E-state index in [2.05, 4.69) is 0 Å².